The third-order valence-corrected chi connectivity index (χ3v) is 4.35. The van der Waals surface area contributed by atoms with Gasteiger partial charge in [0.15, 0.2) is 6.10 Å². The minimum absolute atomic E-state index is 0.217. The maximum Gasteiger partial charge on any atom is 0.261 e. The lowest BCUT2D eigenvalue weighted by Crippen LogP contribution is -2.35. The molecule has 3 aromatic carbocycles. The Kier molecular flexibility index (Phi) is 6.07. The van der Waals surface area contributed by atoms with Gasteiger partial charge in [-0.1, -0.05) is 54.6 Å². The van der Waals surface area contributed by atoms with Gasteiger partial charge in [0, 0.05) is 12.1 Å². The smallest absolute Gasteiger partial charge is 0.261 e. The van der Waals surface area contributed by atoms with Crippen LogP contribution in [-0.4, -0.2) is 17.9 Å². The van der Waals surface area contributed by atoms with Crippen molar-refractivity contribution < 1.29 is 14.3 Å². The Balaban J connectivity index is 1.53. The largest absolute Gasteiger partial charge is 0.481 e. The van der Waals surface area contributed by atoms with Crippen LogP contribution >= 0.6 is 0 Å². The highest BCUT2D eigenvalue weighted by molar-refractivity contribution is 5.92. The molecule has 28 heavy (non-hydrogen) atoms. The lowest BCUT2D eigenvalue weighted by Gasteiger charge is -2.15. The van der Waals surface area contributed by atoms with Crippen LogP contribution in [0.3, 0.4) is 0 Å². The van der Waals surface area contributed by atoms with Crippen molar-refractivity contribution in [2.75, 3.05) is 0 Å². The predicted octanol–water partition coefficient (Wildman–Crippen LogP) is 3.54. The first-order valence-corrected chi connectivity index (χ1v) is 9.01. The third-order valence-electron chi connectivity index (χ3n) is 4.35. The van der Waals surface area contributed by atoms with Gasteiger partial charge in [0.1, 0.15) is 5.75 Å². The van der Waals surface area contributed by atoms with Crippen molar-refractivity contribution in [3.8, 4) is 16.9 Å². The SMILES string of the molecule is C[C@H](Oc1ccc(-c2ccccc2)cc1)C(=O)NCc1ccc(C(N)=O)cc1. The summed E-state index contributed by atoms with van der Waals surface area (Å²) in [5, 5.41) is 2.82. The monoisotopic (exact) mass is 374 g/mol. The Morgan fingerprint density at radius 2 is 1.50 bits per heavy atom. The molecule has 0 aliphatic carbocycles. The van der Waals surface area contributed by atoms with E-state index < -0.39 is 12.0 Å². The second kappa shape index (κ2) is 8.86. The van der Waals surface area contributed by atoms with Gasteiger partial charge in [-0.2, -0.15) is 0 Å². The van der Waals surface area contributed by atoms with Gasteiger partial charge in [-0.15, -0.1) is 0 Å². The van der Waals surface area contributed by atoms with Gasteiger partial charge in [0.25, 0.3) is 5.91 Å². The minimum atomic E-state index is -0.632. The first-order valence-electron chi connectivity index (χ1n) is 9.01. The Morgan fingerprint density at radius 3 is 2.11 bits per heavy atom. The fourth-order valence-electron chi connectivity index (χ4n) is 2.73. The quantitative estimate of drug-likeness (QED) is 0.664. The summed E-state index contributed by atoms with van der Waals surface area (Å²) < 4.78 is 5.73. The first-order chi connectivity index (χ1) is 13.5. The maximum absolute atomic E-state index is 12.3. The minimum Gasteiger partial charge on any atom is -0.481 e. The molecule has 142 valence electrons. The summed E-state index contributed by atoms with van der Waals surface area (Å²) in [5.41, 5.74) is 8.74. The second-order valence-electron chi connectivity index (χ2n) is 6.43. The number of nitrogens with two attached hydrogens (primary N) is 1. The Labute approximate surface area is 164 Å². The number of hydrogen-bond donors (Lipinski definition) is 2. The molecule has 2 amide bonds. The Hall–Kier alpha value is -3.60. The number of primary amides is 1. The molecule has 0 aliphatic heterocycles. The van der Waals surface area contributed by atoms with E-state index in [0.29, 0.717) is 17.9 Å². The number of ether oxygens (including phenoxy) is 1. The summed E-state index contributed by atoms with van der Waals surface area (Å²) in [6.45, 7) is 2.05. The lowest BCUT2D eigenvalue weighted by molar-refractivity contribution is -0.127. The van der Waals surface area contributed by atoms with Crippen LogP contribution in [0.5, 0.6) is 5.75 Å². The molecule has 3 N–H and O–H groups in total. The lowest BCUT2D eigenvalue weighted by atomic mass is 10.1. The van der Waals surface area contributed by atoms with E-state index in [-0.39, 0.29) is 5.91 Å². The van der Waals surface area contributed by atoms with Gasteiger partial charge >= 0.3 is 0 Å². The van der Waals surface area contributed by atoms with Crippen molar-refractivity contribution in [1.82, 2.24) is 5.32 Å². The highest BCUT2D eigenvalue weighted by Gasteiger charge is 2.14. The number of nitrogens with one attached hydrogen (secondary N) is 1. The third kappa shape index (κ3) is 4.98. The molecule has 0 bridgehead atoms. The summed E-state index contributed by atoms with van der Waals surface area (Å²) in [6.07, 6.45) is -0.632. The van der Waals surface area contributed by atoms with E-state index in [2.05, 4.69) is 5.32 Å². The number of benzene rings is 3. The molecular weight excluding hydrogens is 352 g/mol. The van der Waals surface area contributed by atoms with E-state index in [0.717, 1.165) is 16.7 Å². The number of carbonyl (C=O) groups excluding carboxylic acids is 2. The van der Waals surface area contributed by atoms with E-state index in [1.807, 2.05) is 54.6 Å². The normalized spacial score (nSPS) is 11.5. The second-order valence-corrected chi connectivity index (χ2v) is 6.43. The van der Waals surface area contributed by atoms with Crippen LogP contribution < -0.4 is 15.8 Å². The summed E-state index contributed by atoms with van der Waals surface area (Å²) in [4.78, 5) is 23.4. The summed E-state index contributed by atoms with van der Waals surface area (Å²) >= 11 is 0. The molecule has 1 atom stereocenters. The maximum atomic E-state index is 12.3. The van der Waals surface area contributed by atoms with Crippen molar-refractivity contribution in [1.29, 1.82) is 0 Å². The van der Waals surface area contributed by atoms with E-state index in [1.54, 1.807) is 31.2 Å². The van der Waals surface area contributed by atoms with Gasteiger partial charge in [-0.05, 0) is 47.9 Å². The fraction of sp³-hybridized carbons (Fsp3) is 0.130. The average Bonchev–Trinajstić information content (AvgIpc) is 2.73. The molecule has 0 radical (unpaired) electrons. The highest BCUT2D eigenvalue weighted by atomic mass is 16.5. The summed E-state index contributed by atoms with van der Waals surface area (Å²) in [5.74, 6) is -0.0600. The number of hydrogen-bond acceptors (Lipinski definition) is 3. The molecule has 0 aliphatic rings. The van der Waals surface area contributed by atoms with Gasteiger partial charge < -0.3 is 15.8 Å². The molecule has 5 nitrogen and oxygen atoms in total. The van der Waals surface area contributed by atoms with Crippen LogP contribution in [0.15, 0.2) is 78.9 Å². The van der Waals surface area contributed by atoms with E-state index >= 15 is 0 Å². The first kappa shape index (κ1) is 19.2. The molecule has 0 aromatic heterocycles. The molecule has 0 heterocycles. The zero-order valence-electron chi connectivity index (χ0n) is 15.6. The van der Waals surface area contributed by atoms with Crippen molar-refractivity contribution in [3.05, 3.63) is 90.0 Å². The molecule has 0 saturated carbocycles. The van der Waals surface area contributed by atoms with Crippen LogP contribution in [0.1, 0.15) is 22.8 Å². The van der Waals surface area contributed by atoms with Crippen molar-refractivity contribution >= 4 is 11.8 Å². The standard InChI is InChI=1S/C23H22N2O3/c1-16(23(27)25-15-17-7-9-20(10-8-17)22(24)26)28-21-13-11-19(12-14-21)18-5-3-2-4-6-18/h2-14,16H,15H2,1H3,(H2,24,26)(H,25,27)/t16-/m0/s1. The predicted molar refractivity (Wildman–Crippen MR) is 109 cm³/mol. The van der Waals surface area contributed by atoms with Crippen LogP contribution in [0, 0.1) is 0 Å². The number of carbonyl (C=O) groups is 2. The average molecular weight is 374 g/mol. The van der Waals surface area contributed by atoms with Crippen LogP contribution in [0.2, 0.25) is 0 Å². The van der Waals surface area contributed by atoms with Crippen LogP contribution in [0.4, 0.5) is 0 Å². The molecule has 0 unspecified atom stereocenters. The van der Waals surface area contributed by atoms with Gasteiger partial charge in [0.05, 0.1) is 0 Å². The Morgan fingerprint density at radius 1 is 0.893 bits per heavy atom. The number of rotatable bonds is 7. The molecule has 5 heteroatoms. The van der Waals surface area contributed by atoms with E-state index in [9.17, 15) is 9.59 Å². The van der Waals surface area contributed by atoms with Gasteiger partial charge in [0.2, 0.25) is 5.91 Å². The van der Waals surface area contributed by atoms with Crippen LogP contribution in [-0.2, 0) is 11.3 Å². The van der Waals surface area contributed by atoms with E-state index in [1.165, 1.54) is 0 Å². The Bertz CT molecular complexity index is 936. The van der Waals surface area contributed by atoms with Gasteiger partial charge in [-0.25, -0.2) is 0 Å². The molecular formula is C23H22N2O3. The molecule has 0 fully saturated rings. The topological polar surface area (TPSA) is 81.4 Å². The van der Waals surface area contributed by atoms with Crippen LogP contribution in [0.25, 0.3) is 11.1 Å². The summed E-state index contributed by atoms with van der Waals surface area (Å²) in [7, 11) is 0. The zero-order valence-corrected chi connectivity index (χ0v) is 15.6. The fourth-order valence-corrected chi connectivity index (χ4v) is 2.73. The van der Waals surface area contributed by atoms with E-state index in [4.69, 9.17) is 10.5 Å². The van der Waals surface area contributed by atoms with Crippen molar-refractivity contribution in [3.63, 3.8) is 0 Å². The van der Waals surface area contributed by atoms with Crippen molar-refractivity contribution in [2.24, 2.45) is 5.73 Å². The molecule has 3 rings (SSSR count). The molecule has 0 spiro atoms. The number of amides is 2. The van der Waals surface area contributed by atoms with Crippen molar-refractivity contribution in [2.45, 2.75) is 19.6 Å². The van der Waals surface area contributed by atoms with Gasteiger partial charge in [-0.3, -0.25) is 9.59 Å². The summed E-state index contributed by atoms with van der Waals surface area (Å²) in [6, 6.07) is 24.5. The molecule has 0 saturated heterocycles. The highest BCUT2D eigenvalue weighted by Crippen LogP contribution is 2.22. The molecule has 3 aromatic rings. The zero-order chi connectivity index (χ0) is 19.9.